The summed E-state index contributed by atoms with van der Waals surface area (Å²) in [5.74, 6) is 0. The molecule has 0 amide bonds. The van der Waals surface area contributed by atoms with Crippen molar-refractivity contribution in [1.29, 1.82) is 0 Å². The minimum absolute atomic E-state index is 0.0642. The molecule has 0 radical (unpaired) electrons. The van der Waals surface area contributed by atoms with Crippen LogP contribution in [0.25, 0.3) is 0 Å². The number of nitrogens with zero attached hydrogens (tertiary/aromatic N) is 1. The quantitative estimate of drug-likeness (QED) is 0.132. The number of rotatable bonds is 6. The predicted molar refractivity (Wildman–Crippen MR) is 222 cm³/mol. The van der Waals surface area contributed by atoms with Crippen molar-refractivity contribution in [3.8, 4) is 0 Å². The molecule has 0 aromatic heterocycles. The Hall–Kier alpha value is -4.67. The van der Waals surface area contributed by atoms with E-state index >= 15 is 0 Å². The second kappa shape index (κ2) is 14.0. The summed E-state index contributed by atoms with van der Waals surface area (Å²) in [6, 6.07) is 29.6. The van der Waals surface area contributed by atoms with Crippen molar-refractivity contribution in [2.75, 3.05) is 5.32 Å². The third kappa shape index (κ3) is 7.10. The Morgan fingerprint density at radius 3 is 1.53 bits per heavy atom. The molecule has 3 nitrogen and oxygen atoms in total. The standard InChI is InChI=1S/C48H47F6N3S/c1-28-17-32-24-57(25-33-18-29(2)20-38-40(33)46(27-45(38,5)6)26-44(3,4)37(19-28)39(32)46)42(31-15-11-8-12-16-31)41(30-13-9-7-10-14-30)56-43(58)55-36-22-34(47(49,50)51)21-35(23-36)48(52,53)54/h7-23,41-42H,24-27H2,1-6H3,(H2,55,56,58)/t41-,42-,46?/m0/s1. The third-order valence-corrected chi connectivity index (χ3v) is 12.7. The fourth-order valence-electron chi connectivity index (χ4n) is 10.7. The van der Waals surface area contributed by atoms with Crippen LogP contribution in [0.1, 0.15) is 119 Å². The van der Waals surface area contributed by atoms with E-state index in [1.54, 1.807) is 0 Å². The number of nitrogens with one attached hydrogen (secondary N) is 2. The van der Waals surface area contributed by atoms with Gasteiger partial charge in [-0.2, -0.15) is 26.3 Å². The van der Waals surface area contributed by atoms with Gasteiger partial charge >= 0.3 is 12.4 Å². The molecule has 1 aliphatic heterocycles. The molecule has 2 N–H and O–H groups in total. The lowest BCUT2D eigenvalue weighted by Gasteiger charge is -2.42. The zero-order chi connectivity index (χ0) is 41.6. The van der Waals surface area contributed by atoms with E-state index in [2.05, 4.69) is 93.5 Å². The largest absolute Gasteiger partial charge is 0.416 e. The first kappa shape index (κ1) is 40.1. The van der Waals surface area contributed by atoms with Gasteiger partial charge in [0.05, 0.1) is 23.2 Å². The molecule has 10 heteroatoms. The van der Waals surface area contributed by atoms with E-state index < -0.39 is 41.3 Å². The highest BCUT2D eigenvalue weighted by Crippen LogP contribution is 2.65. The second-order valence-electron chi connectivity index (χ2n) is 17.9. The average Bonchev–Trinajstić information content (AvgIpc) is 3.49. The minimum atomic E-state index is -5.00. The molecular weight excluding hydrogens is 765 g/mol. The van der Waals surface area contributed by atoms with Crippen LogP contribution < -0.4 is 10.6 Å². The number of hydrogen-bond donors (Lipinski definition) is 2. The van der Waals surface area contributed by atoms with Gasteiger partial charge in [-0.1, -0.05) is 124 Å². The van der Waals surface area contributed by atoms with Gasteiger partial charge in [-0.05, 0) is 112 Å². The molecule has 8 rings (SSSR count). The van der Waals surface area contributed by atoms with E-state index in [0.717, 1.165) is 24.0 Å². The number of anilines is 1. The van der Waals surface area contributed by atoms with Crippen LogP contribution in [-0.4, -0.2) is 10.0 Å². The van der Waals surface area contributed by atoms with E-state index in [4.69, 9.17) is 12.2 Å². The SMILES string of the molecule is Cc1cc2c3c(c1)C(C)(C)CC31CC(C)(C)c3cc(C)cc(c31)CN([C@@H](c1ccccc1)[C@@H](NC(=S)Nc1cc(C(F)(F)F)cc(C(F)(F)F)c1)c1ccccc1)C2. The summed E-state index contributed by atoms with van der Waals surface area (Å²) in [6.45, 7) is 15.0. The molecule has 0 bridgehead atoms. The fraction of sp³-hybridized carbons (Fsp3) is 0.354. The lowest BCUT2D eigenvalue weighted by Crippen LogP contribution is -2.43. The van der Waals surface area contributed by atoms with E-state index in [1.165, 1.54) is 44.5 Å². The van der Waals surface area contributed by atoms with Crippen LogP contribution in [0.4, 0.5) is 32.0 Å². The Kier molecular flexibility index (Phi) is 9.67. The van der Waals surface area contributed by atoms with Crippen molar-refractivity contribution in [3.63, 3.8) is 0 Å². The summed E-state index contributed by atoms with van der Waals surface area (Å²) >= 11 is 5.79. The fourth-order valence-corrected chi connectivity index (χ4v) is 11.0. The molecule has 0 saturated carbocycles. The van der Waals surface area contributed by atoms with Gasteiger partial charge in [-0.3, -0.25) is 4.90 Å². The lowest BCUT2D eigenvalue weighted by atomic mass is 9.69. The Morgan fingerprint density at radius 2 is 1.09 bits per heavy atom. The van der Waals surface area contributed by atoms with Crippen LogP contribution in [0.15, 0.2) is 103 Å². The predicted octanol–water partition coefficient (Wildman–Crippen LogP) is 12.8. The van der Waals surface area contributed by atoms with Crippen LogP contribution in [0.5, 0.6) is 0 Å². The molecule has 5 aromatic carbocycles. The van der Waals surface area contributed by atoms with Crippen molar-refractivity contribution in [3.05, 3.63) is 170 Å². The first-order valence-corrected chi connectivity index (χ1v) is 20.1. The van der Waals surface area contributed by atoms with Gasteiger partial charge in [-0.15, -0.1) is 0 Å². The normalized spacial score (nSPS) is 18.7. The smallest absolute Gasteiger partial charge is 0.354 e. The summed E-state index contributed by atoms with van der Waals surface area (Å²) in [4.78, 5) is 2.47. The molecule has 0 unspecified atom stereocenters. The van der Waals surface area contributed by atoms with Gasteiger partial charge < -0.3 is 10.6 Å². The van der Waals surface area contributed by atoms with E-state index in [1.807, 2.05) is 48.5 Å². The van der Waals surface area contributed by atoms with Crippen molar-refractivity contribution < 1.29 is 26.3 Å². The molecule has 3 aliphatic rings. The summed E-state index contributed by atoms with van der Waals surface area (Å²) in [5.41, 5.74) is 8.83. The Balaban J connectivity index is 1.29. The van der Waals surface area contributed by atoms with Crippen molar-refractivity contribution >= 4 is 23.0 Å². The molecular formula is C48H47F6N3S. The average molecular weight is 812 g/mol. The first-order chi connectivity index (χ1) is 27.2. The van der Waals surface area contributed by atoms with Gasteiger partial charge in [-0.25, -0.2) is 0 Å². The van der Waals surface area contributed by atoms with Crippen LogP contribution in [0.3, 0.4) is 0 Å². The third-order valence-electron chi connectivity index (χ3n) is 12.5. The molecule has 0 fully saturated rings. The van der Waals surface area contributed by atoms with Crippen LogP contribution in [-0.2, 0) is 41.7 Å². The molecule has 1 heterocycles. The maximum Gasteiger partial charge on any atom is 0.416 e. The summed E-state index contributed by atoms with van der Waals surface area (Å²) in [7, 11) is 0. The van der Waals surface area contributed by atoms with Gasteiger partial charge in [0.1, 0.15) is 0 Å². The number of aryl methyl sites for hydroxylation is 2. The van der Waals surface area contributed by atoms with Gasteiger partial charge in [0.25, 0.3) is 0 Å². The number of halogens is 6. The molecule has 0 saturated heterocycles. The number of alkyl halides is 6. The Morgan fingerprint density at radius 1 is 0.638 bits per heavy atom. The highest BCUT2D eigenvalue weighted by atomic mass is 32.1. The van der Waals surface area contributed by atoms with Crippen LogP contribution in [0, 0.1) is 13.8 Å². The molecule has 2 aliphatic carbocycles. The maximum atomic E-state index is 13.9. The van der Waals surface area contributed by atoms with E-state index in [9.17, 15) is 26.3 Å². The maximum absolute atomic E-state index is 13.9. The number of benzene rings is 5. The number of hydrogen-bond acceptors (Lipinski definition) is 2. The summed E-state index contributed by atoms with van der Waals surface area (Å²) in [5, 5.41) is 6.01. The lowest BCUT2D eigenvalue weighted by molar-refractivity contribution is -0.143. The van der Waals surface area contributed by atoms with Crippen LogP contribution in [0.2, 0.25) is 0 Å². The Bertz CT molecular complexity index is 2290. The highest BCUT2D eigenvalue weighted by Gasteiger charge is 2.58. The summed E-state index contributed by atoms with van der Waals surface area (Å²) < 4.78 is 83.2. The second-order valence-corrected chi connectivity index (χ2v) is 18.3. The van der Waals surface area contributed by atoms with Gasteiger partial charge in [0, 0.05) is 24.2 Å². The zero-order valence-corrected chi connectivity index (χ0v) is 34.2. The molecule has 5 aromatic rings. The monoisotopic (exact) mass is 811 g/mol. The van der Waals surface area contributed by atoms with Crippen LogP contribution >= 0.6 is 12.2 Å². The number of thiocarbonyl (C=S) groups is 1. The summed E-state index contributed by atoms with van der Waals surface area (Å²) in [6.07, 6.45) is -7.98. The van der Waals surface area contributed by atoms with E-state index in [0.29, 0.717) is 25.2 Å². The van der Waals surface area contributed by atoms with Crippen molar-refractivity contribution in [2.24, 2.45) is 0 Å². The van der Waals surface area contributed by atoms with Gasteiger partial charge in [0.15, 0.2) is 5.11 Å². The molecule has 2 atom stereocenters. The zero-order valence-electron chi connectivity index (χ0n) is 33.4. The first-order valence-electron chi connectivity index (χ1n) is 19.7. The van der Waals surface area contributed by atoms with E-state index in [-0.39, 0.29) is 27.4 Å². The van der Waals surface area contributed by atoms with Crippen molar-refractivity contribution in [2.45, 2.75) is 108 Å². The van der Waals surface area contributed by atoms with Crippen molar-refractivity contribution in [1.82, 2.24) is 10.2 Å². The minimum Gasteiger partial charge on any atom is -0.354 e. The molecule has 1 spiro atoms. The topological polar surface area (TPSA) is 27.3 Å². The molecule has 302 valence electrons. The molecule has 58 heavy (non-hydrogen) atoms. The van der Waals surface area contributed by atoms with Gasteiger partial charge in [0.2, 0.25) is 0 Å². The highest BCUT2D eigenvalue weighted by molar-refractivity contribution is 7.80. The Labute approximate surface area is 341 Å².